The first-order chi connectivity index (χ1) is 16.8. The third-order valence-electron chi connectivity index (χ3n) is 6.00. The Morgan fingerprint density at radius 1 is 0.829 bits per heavy atom. The Morgan fingerprint density at radius 3 is 2.29 bits per heavy atom. The van der Waals surface area contributed by atoms with Crippen molar-refractivity contribution in [3.05, 3.63) is 65.2 Å². The number of rotatable bonds is 4. The van der Waals surface area contributed by atoms with Crippen LogP contribution in [-0.2, 0) is 0 Å². The molecule has 0 saturated heterocycles. The van der Waals surface area contributed by atoms with Crippen LogP contribution in [0, 0.1) is 0 Å². The first-order valence-corrected chi connectivity index (χ1v) is 10.7. The predicted molar refractivity (Wildman–Crippen MR) is 119 cm³/mol. The number of ether oxygens (including phenoxy) is 4. The van der Waals surface area contributed by atoms with Crippen molar-refractivity contribution < 1.29 is 49.3 Å². The highest BCUT2D eigenvalue weighted by Crippen LogP contribution is 2.45. The summed E-state index contributed by atoms with van der Waals surface area (Å²) in [6, 6.07) is 11.6. The fourth-order valence-electron chi connectivity index (χ4n) is 4.28. The molecule has 0 aromatic heterocycles. The summed E-state index contributed by atoms with van der Waals surface area (Å²) in [6.45, 7) is -0.384. The standard InChI is InChI=1S/C25H22O10/c1-32-17-6-11(2-4-14(17)28)24-20(10-26)33-18-7-12(3-5-16(18)34-24)25-23(31)22(30)21-15(29)8-13(27)9-19(21)35-25/h2-9,20,23-29,31H,10H2,1H3/t20-,23+,24+,25+/m0/s1. The quantitative estimate of drug-likeness (QED) is 0.374. The van der Waals surface area contributed by atoms with E-state index in [2.05, 4.69) is 0 Å². The van der Waals surface area contributed by atoms with E-state index in [-0.39, 0.29) is 40.9 Å². The summed E-state index contributed by atoms with van der Waals surface area (Å²) in [5.74, 6) is -0.789. The summed E-state index contributed by atoms with van der Waals surface area (Å²) in [5.41, 5.74) is 0.779. The minimum Gasteiger partial charge on any atom is -0.508 e. The van der Waals surface area contributed by atoms with Crippen LogP contribution < -0.4 is 18.9 Å². The minimum absolute atomic E-state index is 0.0395. The van der Waals surface area contributed by atoms with E-state index in [9.17, 15) is 30.3 Å². The fourth-order valence-corrected chi connectivity index (χ4v) is 4.28. The lowest BCUT2D eigenvalue weighted by atomic mass is 9.92. The molecule has 0 bridgehead atoms. The molecule has 0 amide bonds. The molecule has 0 saturated carbocycles. The Morgan fingerprint density at radius 2 is 1.54 bits per heavy atom. The number of benzene rings is 3. The van der Waals surface area contributed by atoms with Crippen LogP contribution in [0.15, 0.2) is 48.5 Å². The average molecular weight is 482 g/mol. The molecule has 182 valence electrons. The van der Waals surface area contributed by atoms with E-state index < -0.39 is 35.9 Å². The molecule has 2 aliphatic heterocycles. The Hall–Kier alpha value is -4.15. The van der Waals surface area contributed by atoms with Gasteiger partial charge in [-0.2, -0.15) is 0 Å². The van der Waals surface area contributed by atoms with Crippen LogP contribution in [0.3, 0.4) is 0 Å². The molecule has 5 rings (SSSR count). The van der Waals surface area contributed by atoms with E-state index in [0.29, 0.717) is 16.9 Å². The van der Waals surface area contributed by atoms with Crippen molar-refractivity contribution in [2.75, 3.05) is 13.7 Å². The topological polar surface area (TPSA) is 155 Å². The number of fused-ring (bicyclic) bond motifs is 2. The molecule has 5 N–H and O–H groups in total. The number of hydrogen-bond acceptors (Lipinski definition) is 10. The highest BCUT2D eigenvalue weighted by Gasteiger charge is 2.40. The SMILES string of the molecule is COc1cc([C@H]2Oc3ccc([C@H]4Oc5cc(O)cc(O)c5C(=O)[C@H]4O)cc3O[C@H]2CO)ccc1O. The second-order valence-corrected chi connectivity index (χ2v) is 8.20. The number of carbonyl (C=O) groups is 1. The number of phenols is 3. The van der Waals surface area contributed by atoms with Gasteiger partial charge in [0.25, 0.3) is 0 Å². The highest BCUT2D eigenvalue weighted by molar-refractivity contribution is 6.05. The monoisotopic (exact) mass is 482 g/mol. The number of aliphatic hydroxyl groups excluding tert-OH is 2. The number of hydrogen-bond donors (Lipinski definition) is 5. The van der Waals surface area contributed by atoms with Gasteiger partial charge in [-0.15, -0.1) is 0 Å². The van der Waals surface area contributed by atoms with Crippen LogP contribution in [0.25, 0.3) is 0 Å². The molecule has 0 spiro atoms. The maximum absolute atomic E-state index is 12.7. The fraction of sp³-hybridized carbons (Fsp3) is 0.240. The van der Waals surface area contributed by atoms with Crippen LogP contribution in [0.2, 0.25) is 0 Å². The van der Waals surface area contributed by atoms with E-state index in [1.54, 1.807) is 24.3 Å². The summed E-state index contributed by atoms with van der Waals surface area (Å²) >= 11 is 0. The molecule has 10 nitrogen and oxygen atoms in total. The van der Waals surface area contributed by atoms with E-state index >= 15 is 0 Å². The molecule has 3 aromatic carbocycles. The molecule has 0 aliphatic carbocycles. The zero-order chi connectivity index (χ0) is 24.9. The second kappa shape index (κ2) is 8.57. The van der Waals surface area contributed by atoms with E-state index in [1.165, 1.54) is 25.3 Å². The molecule has 35 heavy (non-hydrogen) atoms. The van der Waals surface area contributed by atoms with Crippen LogP contribution >= 0.6 is 0 Å². The summed E-state index contributed by atoms with van der Waals surface area (Å²) in [4.78, 5) is 12.7. The normalized spacial score (nSPS) is 22.8. The first kappa shape index (κ1) is 22.6. The predicted octanol–water partition coefficient (Wildman–Crippen LogP) is 2.36. The third-order valence-corrected chi connectivity index (χ3v) is 6.00. The van der Waals surface area contributed by atoms with Crippen LogP contribution in [-0.4, -0.2) is 57.2 Å². The van der Waals surface area contributed by atoms with Crippen LogP contribution in [0.4, 0.5) is 0 Å². The number of carbonyl (C=O) groups excluding carboxylic acids is 1. The summed E-state index contributed by atoms with van der Waals surface area (Å²) < 4.78 is 23.0. The van der Waals surface area contributed by atoms with Gasteiger partial charge in [-0.1, -0.05) is 12.1 Å². The maximum Gasteiger partial charge on any atom is 0.202 e. The molecule has 4 atom stereocenters. The zero-order valence-electron chi connectivity index (χ0n) is 18.4. The highest BCUT2D eigenvalue weighted by atomic mass is 16.6. The van der Waals surface area contributed by atoms with Gasteiger partial charge >= 0.3 is 0 Å². The van der Waals surface area contributed by atoms with E-state index in [4.69, 9.17) is 18.9 Å². The number of aromatic hydroxyl groups is 3. The van der Waals surface area contributed by atoms with Crippen molar-refractivity contribution in [3.8, 4) is 40.2 Å². The third kappa shape index (κ3) is 3.82. The lowest BCUT2D eigenvalue weighted by Crippen LogP contribution is -2.37. The lowest BCUT2D eigenvalue weighted by molar-refractivity contribution is -0.0130. The van der Waals surface area contributed by atoms with Crippen molar-refractivity contribution in [2.45, 2.75) is 24.4 Å². The van der Waals surface area contributed by atoms with Crippen molar-refractivity contribution in [2.24, 2.45) is 0 Å². The van der Waals surface area contributed by atoms with Gasteiger partial charge in [0, 0.05) is 17.7 Å². The first-order valence-electron chi connectivity index (χ1n) is 10.7. The van der Waals surface area contributed by atoms with Crippen LogP contribution in [0.5, 0.6) is 40.2 Å². The van der Waals surface area contributed by atoms with Crippen molar-refractivity contribution in [3.63, 3.8) is 0 Å². The molecular formula is C25H22O10. The number of ketones is 1. The summed E-state index contributed by atoms with van der Waals surface area (Å²) in [5, 5.41) is 50.2. The van der Waals surface area contributed by atoms with Gasteiger partial charge in [-0.05, 0) is 29.8 Å². The average Bonchev–Trinajstić information content (AvgIpc) is 2.85. The van der Waals surface area contributed by atoms with Crippen molar-refractivity contribution in [1.29, 1.82) is 0 Å². The van der Waals surface area contributed by atoms with Gasteiger partial charge in [0.05, 0.1) is 13.7 Å². The molecule has 3 aromatic rings. The van der Waals surface area contributed by atoms with Crippen LogP contribution in [0.1, 0.15) is 33.7 Å². The summed E-state index contributed by atoms with van der Waals surface area (Å²) in [7, 11) is 1.42. The molecule has 10 heteroatoms. The number of phenolic OH excluding ortho intramolecular Hbond substituents is 3. The van der Waals surface area contributed by atoms with E-state index in [1.807, 2.05) is 0 Å². The van der Waals surface area contributed by atoms with Crippen molar-refractivity contribution in [1.82, 2.24) is 0 Å². The van der Waals surface area contributed by atoms with Gasteiger partial charge in [-0.25, -0.2) is 0 Å². The molecule has 2 aliphatic rings. The molecule has 0 fully saturated rings. The largest absolute Gasteiger partial charge is 0.508 e. The Kier molecular flexibility index (Phi) is 5.54. The minimum atomic E-state index is -1.62. The zero-order valence-corrected chi connectivity index (χ0v) is 18.4. The molecule has 2 heterocycles. The lowest BCUT2D eigenvalue weighted by Gasteiger charge is -2.35. The number of Topliss-reactive ketones (excluding diaryl/α,β-unsaturated/α-hetero) is 1. The number of methoxy groups -OCH3 is 1. The Labute approximate surface area is 199 Å². The second-order valence-electron chi connectivity index (χ2n) is 8.20. The van der Waals surface area contributed by atoms with Gasteiger partial charge in [0.15, 0.2) is 47.4 Å². The smallest absolute Gasteiger partial charge is 0.202 e. The van der Waals surface area contributed by atoms with Gasteiger partial charge in [0.1, 0.15) is 22.8 Å². The van der Waals surface area contributed by atoms with Gasteiger partial charge < -0.3 is 44.5 Å². The van der Waals surface area contributed by atoms with E-state index in [0.717, 1.165) is 6.07 Å². The Balaban J connectivity index is 1.46. The van der Waals surface area contributed by atoms with Crippen molar-refractivity contribution >= 4 is 5.78 Å². The maximum atomic E-state index is 12.7. The Bertz CT molecular complexity index is 1300. The molecule has 0 radical (unpaired) electrons. The molecular weight excluding hydrogens is 460 g/mol. The van der Waals surface area contributed by atoms with Gasteiger partial charge in [0.2, 0.25) is 5.78 Å². The summed E-state index contributed by atoms with van der Waals surface area (Å²) in [6.07, 6.45) is -4.27. The molecule has 0 unspecified atom stereocenters. The number of aliphatic hydroxyl groups is 2. The van der Waals surface area contributed by atoms with Gasteiger partial charge in [-0.3, -0.25) is 4.79 Å².